The van der Waals surface area contributed by atoms with Gasteiger partial charge in [-0.15, -0.1) is 0 Å². The van der Waals surface area contributed by atoms with Gasteiger partial charge in [0.05, 0.1) is 19.6 Å². The van der Waals surface area contributed by atoms with Gasteiger partial charge in [-0.3, -0.25) is 0 Å². The van der Waals surface area contributed by atoms with Crippen molar-refractivity contribution in [1.29, 1.82) is 0 Å². The van der Waals surface area contributed by atoms with Crippen LogP contribution in [0.5, 0.6) is 0 Å². The molecule has 0 spiro atoms. The Morgan fingerprint density at radius 2 is 0.800 bits per heavy atom. The zero-order valence-electron chi connectivity index (χ0n) is 15.3. The van der Waals surface area contributed by atoms with Crippen LogP contribution in [0.25, 0.3) is 10.8 Å². The molecule has 0 saturated heterocycles. The molecule has 4 nitrogen and oxygen atoms in total. The number of halogens is 2. The Labute approximate surface area is 172 Å². The fourth-order valence-corrected chi connectivity index (χ4v) is 6.15. The second-order valence-corrected chi connectivity index (χ2v) is 10.4. The summed E-state index contributed by atoms with van der Waals surface area (Å²) >= 11 is 0. The number of fused-ring (bicyclic) bond motifs is 1. The fraction of sp³-hybridized carbons (Fsp3) is 0. The smallest absolute Gasteiger partial charge is 0.207 e. The van der Waals surface area contributed by atoms with Gasteiger partial charge in [0.15, 0.2) is 0 Å². The average Bonchev–Trinajstić information content (AvgIpc) is 2.73. The first-order chi connectivity index (χ1) is 14.2. The number of hydrogen-bond acceptors (Lipinski definition) is 4. The number of benzene rings is 4. The summed E-state index contributed by atoms with van der Waals surface area (Å²) in [4.78, 5) is -0.406. The molecule has 30 heavy (non-hydrogen) atoms. The van der Waals surface area contributed by atoms with Crippen LogP contribution in [0, 0.1) is 11.6 Å². The first-order valence-corrected chi connectivity index (χ1v) is 11.7. The second-order valence-electron chi connectivity index (χ2n) is 6.52. The molecule has 0 aliphatic rings. The van der Waals surface area contributed by atoms with Crippen molar-refractivity contribution in [3.63, 3.8) is 0 Å². The van der Waals surface area contributed by atoms with Gasteiger partial charge in [-0.1, -0.05) is 24.3 Å². The molecule has 4 aromatic carbocycles. The quantitative estimate of drug-likeness (QED) is 0.425. The van der Waals surface area contributed by atoms with Gasteiger partial charge in [0.1, 0.15) is 11.6 Å². The molecule has 4 rings (SSSR count). The van der Waals surface area contributed by atoms with Gasteiger partial charge in [0.25, 0.3) is 0 Å². The third kappa shape index (κ3) is 3.38. The third-order valence-electron chi connectivity index (χ3n) is 4.67. The first kappa shape index (κ1) is 20.2. The predicted molar refractivity (Wildman–Crippen MR) is 108 cm³/mol. The maximum Gasteiger partial charge on any atom is 0.207 e. The zero-order valence-corrected chi connectivity index (χ0v) is 16.9. The number of sulfone groups is 2. The van der Waals surface area contributed by atoms with Crippen molar-refractivity contribution in [2.24, 2.45) is 0 Å². The molecule has 0 heterocycles. The van der Waals surface area contributed by atoms with Crippen LogP contribution in [0.2, 0.25) is 0 Å². The van der Waals surface area contributed by atoms with E-state index in [0.29, 0.717) is 0 Å². The van der Waals surface area contributed by atoms with Gasteiger partial charge in [0, 0.05) is 10.8 Å². The van der Waals surface area contributed by atoms with Crippen molar-refractivity contribution in [2.75, 3.05) is 0 Å². The standard InChI is InChI=1S/C22H14F2O4S2/c23-15-7-11-17(12-8-15)29(25,26)21-5-1-3-19-20(21)4-2-6-22(19)30(27,28)18-13-9-16(24)10-14-18/h1-14H. The van der Waals surface area contributed by atoms with Crippen LogP contribution in [0.15, 0.2) is 105 Å². The summed E-state index contributed by atoms with van der Waals surface area (Å²) in [6, 6.07) is 17.5. The molecule has 0 atom stereocenters. The second kappa shape index (κ2) is 7.30. The largest absolute Gasteiger partial charge is 0.218 e. The number of hydrogen-bond donors (Lipinski definition) is 0. The van der Waals surface area contributed by atoms with E-state index in [9.17, 15) is 25.6 Å². The average molecular weight is 444 g/mol. The van der Waals surface area contributed by atoms with Gasteiger partial charge < -0.3 is 0 Å². The third-order valence-corrected chi connectivity index (χ3v) is 8.32. The lowest BCUT2D eigenvalue weighted by Crippen LogP contribution is -2.06. The van der Waals surface area contributed by atoms with Gasteiger partial charge >= 0.3 is 0 Å². The van der Waals surface area contributed by atoms with Crippen molar-refractivity contribution in [3.05, 3.63) is 96.6 Å². The topological polar surface area (TPSA) is 68.3 Å². The molecule has 0 aliphatic heterocycles. The molecule has 0 saturated carbocycles. The number of rotatable bonds is 4. The van der Waals surface area contributed by atoms with E-state index in [4.69, 9.17) is 0 Å². The first-order valence-electron chi connectivity index (χ1n) is 8.74. The highest BCUT2D eigenvalue weighted by molar-refractivity contribution is 7.92. The van der Waals surface area contributed by atoms with Gasteiger partial charge in [-0.25, -0.2) is 25.6 Å². The Bertz CT molecular complexity index is 1350. The van der Waals surface area contributed by atoms with Crippen LogP contribution in [-0.2, 0) is 19.7 Å². The van der Waals surface area contributed by atoms with E-state index in [1.165, 1.54) is 36.4 Å². The molecule has 0 N–H and O–H groups in total. The predicted octanol–water partition coefficient (Wildman–Crippen LogP) is 4.78. The summed E-state index contributed by atoms with van der Waals surface area (Å²) in [5.74, 6) is -1.14. The molecule has 0 fully saturated rings. The van der Waals surface area contributed by atoms with Crippen LogP contribution in [0.4, 0.5) is 8.78 Å². The molecule has 0 amide bonds. The highest BCUT2D eigenvalue weighted by Crippen LogP contribution is 2.34. The maximum absolute atomic E-state index is 13.2. The molecule has 0 radical (unpaired) electrons. The monoisotopic (exact) mass is 444 g/mol. The van der Waals surface area contributed by atoms with Crippen molar-refractivity contribution < 1.29 is 25.6 Å². The minimum atomic E-state index is -4.03. The molecule has 0 aromatic heterocycles. The Morgan fingerprint density at radius 1 is 0.467 bits per heavy atom. The van der Waals surface area contributed by atoms with E-state index in [1.54, 1.807) is 0 Å². The normalized spacial score (nSPS) is 12.2. The van der Waals surface area contributed by atoms with Gasteiger partial charge in [-0.2, -0.15) is 0 Å². The molecular weight excluding hydrogens is 430 g/mol. The van der Waals surface area contributed by atoms with Gasteiger partial charge in [-0.05, 0) is 60.7 Å². The summed E-state index contributed by atoms with van der Waals surface area (Å²) in [5, 5.41) is 0.426. The minimum absolute atomic E-state index is 0.0947. The minimum Gasteiger partial charge on any atom is -0.218 e. The molecule has 0 unspecified atom stereocenters. The molecule has 0 aliphatic carbocycles. The molecule has 8 heteroatoms. The van der Waals surface area contributed by atoms with Crippen molar-refractivity contribution in [3.8, 4) is 0 Å². The lowest BCUT2D eigenvalue weighted by molar-refractivity contribution is 0.593. The summed E-state index contributed by atoms with van der Waals surface area (Å²) in [7, 11) is -8.05. The Balaban J connectivity index is 1.95. The van der Waals surface area contributed by atoms with Crippen LogP contribution < -0.4 is 0 Å². The van der Waals surface area contributed by atoms with Crippen molar-refractivity contribution in [2.45, 2.75) is 19.6 Å². The molecular formula is C22H14F2O4S2. The van der Waals surface area contributed by atoms with E-state index in [2.05, 4.69) is 0 Å². The van der Waals surface area contributed by atoms with Crippen molar-refractivity contribution in [1.82, 2.24) is 0 Å². The Hall–Kier alpha value is -3.10. The lowest BCUT2D eigenvalue weighted by atomic mass is 10.1. The van der Waals surface area contributed by atoms with E-state index in [-0.39, 0.29) is 30.4 Å². The molecule has 0 bridgehead atoms. The lowest BCUT2D eigenvalue weighted by Gasteiger charge is -2.12. The van der Waals surface area contributed by atoms with E-state index in [1.807, 2.05) is 0 Å². The summed E-state index contributed by atoms with van der Waals surface area (Å²) in [6.45, 7) is 0. The molecule has 152 valence electrons. The van der Waals surface area contributed by atoms with Crippen LogP contribution in [-0.4, -0.2) is 16.8 Å². The highest BCUT2D eigenvalue weighted by atomic mass is 32.2. The summed E-state index contributed by atoms with van der Waals surface area (Å²) in [6.07, 6.45) is 0. The molecule has 4 aromatic rings. The van der Waals surface area contributed by atoms with E-state index >= 15 is 0 Å². The van der Waals surface area contributed by atoms with Crippen molar-refractivity contribution >= 4 is 30.4 Å². The maximum atomic E-state index is 13.2. The Morgan fingerprint density at radius 3 is 1.13 bits per heavy atom. The highest BCUT2D eigenvalue weighted by Gasteiger charge is 2.25. The van der Waals surface area contributed by atoms with Gasteiger partial charge in [0.2, 0.25) is 19.7 Å². The summed E-state index contributed by atoms with van der Waals surface area (Å²) < 4.78 is 78.9. The summed E-state index contributed by atoms with van der Waals surface area (Å²) in [5.41, 5.74) is 0. The van der Waals surface area contributed by atoms with E-state index in [0.717, 1.165) is 48.5 Å². The fourth-order valence-electron chi connectivity index (χ4n) is 3.20. The van der Waals surface area contributed by atoms with Crippen LogP contribution >= 0.6 is 0 Å². The van der Waals surface area contributed by atoms with Crippen LogP contribution in [0.1, 0.15) is 0 Å². The van der Waals surface area contributed by atoms with Crippen LogP contribution in [0.3, 0.4) is 0 Å². The Kier molecular flexibility index (Phi) is 4.91. The zero-order chi connectivity index (χ0) is 21.5. The SMILES string of the molecule is O=S(=O)(c1ccc(F)cc1)c1cccc2c(S(=O)(=O)c3ccc(F)cc3)cccc12. The van der Waals surface area contributed by atoms with E-state index < -0.39 is 31.3 Å².